The molecule has 90 valence electrons. The second-order valence-electron chi connectivity index (χ2n) is 4.41. The van der Waals surface area contributed by atoms with Gasteiger partial charge in [-0.25, -0.2) is 0 Å². The molecular weight excluding hydrogens is 218 g/mol. The zero-order valence-corrected chi connectivity index (χ0v) is 9.67. The number of carboxylic acid groups (broad SMARTS) is 1. The van der Waals surface area contributed by atoms with Crippen molar-refractivity contribution < 1.29 is 14.7 Å². The van der Waals surface area contributed by atoms with Gasteiger partial charge in [0.25, 0.3) is 0 Å². The van der Waals surface area contributed by atoms with E-state index in [9.17, 15) is 9.59 Å². The summed E-state index contributed by atoms with van der Waals surface area (Å²) in [6.07, 6.45) is 0.712. The molecular formula is C13H15NO3. The number of hydrogen-bond donors (Lipinski definition) is 1. The molecule has 1 aromatic carbocycles. The van der Waals surface area contributed by atoms with Crippen molar-refractivity contribution in [3.05, 3.63) is 35.9 Å². The molecule has 2 atom stereocenters. The van der Waals surface area contributed by atoms with Gasteiger partial charge < -0.3 is 10.0 Å². The highest BCUT2D eigenvalue weighted by atomic mass is 16.4. The molecule has 1 amide bonds. The third-order valence-electron chi connectivity index (χ3n) is 3.35. The van der Waals surface area contributed by atoms with E-state index < -0.39 is 11.9 Å². The Balaban J connectivity index is 2.18. The second-order valence-corrected chi connectivity index (χ2v) is 4.41. The van der Waals surface area contributed by atoms with Gasteiger partial charge in [0.1, 0.15) is 0 Å². The molecule has 17 heavy (non-hydrogen) atoms. The van der Waals surface area contributed by atoms with Crippen LogP contribution < -0.4 is 0 Å². The van der Waals surface area contributed by atoms with Crippen molar-refractivity contribution >= 4 is 11.9 Å². The molecule has 1 saturated heterocycles. The van der Waals surface area contributed by atoms with E-state index in [4.69, 9.17) is 5.11 Å². The minimum atomic E-state index is -0.886. The van der Waals surface area contributed by atoms with E-state index in [-0.39, 0.29) is 18.4 Å². The van der Waals surface area contributed by atoms with Gasteiger partial charge in [-0.2, -0.15) is 0 Å². The molecule has 1 fully saturated rings. The average molecular weight is 233 g/mol. The molecule has 0 bridgehead atoms. The van der Waals surface area contributed by atoms with Gasteiger partial charge >= 0.3 is 5.97 Å². The molecule has 1 aliphatic rings. The van der Waals surface area contributed by atoms with Crippen molar-refractivity contribution in [2.45, 2.75) is 18.9 Å². The molecule has 1 N–H and O–H groups in total. The Kier molecular flexibility index (Phi) is 3.13. The van der Waals surface area contributed by atoms with Gasteiger partial charge in [0.15, 0.2) is 0 Å². The van der Waals surface area contributed by atoms with Crippen molar-refractivity contribution in [2.75, 3.05) is 7.05 Å². The normalized spacial score (nSPS) is 24.1. The SMILES string of the molecule is CN1C(=O)CC(C(=O)O)C1Cc1ccccc1. The van der Waals surface area contributed by atoms with Crippen LogP contribution in [0.5, 0.6) is 0 Å². The fourth-order valence-corrected chi connectivity index (χ4v) is 2.31. The second kappa shape index (κ2) is 4.57. The molecule has 2 unspecified atom stereocenters. The summed E-state index contributed by atoms with van der Waals surface area (Å²) in [6.45, 7) is 0. The summed E-state index contributed by atoms with van der Waals surface area (Å²) in [5.74, 6) is -1.56. The fourth-order valence-electron chi connectivity index (χ4n) is 2.31. The quantitative estimate of drug-likeness (QED) is 0.852. The lowest BCUT2D eigenvalue weighted by atomic mass is 9.94. The van der Waals surface area contributed by atoms with Crippen LogP contribution in [0, 0.1) is 5.92 Å². The van der Waals surface area contributed by atoms with Gasteiger partial charge in [-0.3, -0.25) is 9.59 Å². The van der Waals surface area contributed by atoms with Crippen LogP contribution in [-0.4, -0.2) is 35.0 Å². The summed E-state index contributed by atoms with van der Waals surface area (Å²) in [6, 6.07) is 9.43. The van der Waals surface area contributed by atoms with E-state index in [1.807, 2.05) is 30.3 Å². The number of hydrogen-bond acceptors (Lipinski definition) is 2. The van der Waals surface area contributed by atoms with Gasteiger partial charge in [-0.1, -0.05) is 30.3 Å². The number of carbonyl (C=O) groups excluding carboxylic acids is 1. The molecule has 0 spiro atoms. The Morgan fingerprint density at radius 1 is 1.41 bits per heavy atom. The third-order valence-corrected chi connectivity index (χ3v) is 3.35. The van der Waals surface area contributed by atoms with Gasteiger partial charge in [-0.05, 0) is 12.0 Å². The van der Waals surface area contributed by atoms with Crippen LogP contribution in [0.3, 0.4) is 0 Å². The van der Waals surface area contributed by atoms with Crippen molar-refractivity contribution in [2.24, 2.45) is 5.92 Å². The Bertz CT molecular complexity index is 430. The Labute approximate surface area is 99.9 Å². The van der Waals surface area contributed by atoms with E-state index in [0.29, 0.717) is 6.42 Å². The maximum atomic E-state index is 11.6. The van der Waals surface area contributed by atoms with Gasteiger partial charge in [0.2, 0.25) is 5.91 Å². The summed E-state index contributed by atoms with van der Waals surface area (Å²) in [7, 11) is 1.68. The van der Waals surface area contributed by atoms with E-state index in [1.165, 1.54) is 0 Å². The topological polar surface area (TPSA) is 57.6 Å². The maximum Gasteiger partial charge on any atom is 0.309 e. The molecule has 0 radical (unpaired) electrons. The zero-order valence-electron chi connectivity index (χ0n) is 9.67. The first-order chi connectivity index (χ1) is 8.09. The van der Waals surface area contributed by atoms with Crippen LogP contribution in [0.15, 0.2) is 30.3 Å². The van der Waals surface area contributed by atoms with Gasteiger partial charge in [-0.15, -0.1) is 0 Å². The van der Waals surface area contributed by atoms with Crippen LogP contribution in [0.1, 0.15) is 12.0 Å². The van der Waals surface area contributed by atoms with E-state index in [0.717, 1.165) is 5.56 Å². The lowest BCUT2D eigenvalue weighted by molar-refractivity contribution is -0.142. The van der Waals surface area contributed by atoms with Crippen LogP contribution in [-0.2, 0) is 16.0 Å². The van der Waals surface area contributed by atoms with Crippen molar-refractivity contribution in [3.63, 3.8) is 0 Å². The molecule has 0 aliphatic carbocycles. The largest absolute Gasteiger partial charge is 0.481 e. The maximum absolute atomic E-state index is 11.6. The highest BCUT2D eigenvalue weighted by Gasteiger charge is 2.41. The minimum Gasteiger partial charge on any atom is -0.481 e. The van der Waals surface area contributed by atoms with Crippen LogP contribution in [0.25, 0.3) is 0 Å². The molecule has 4 heteroatoms. The molecule has 2 rings (SSSR count). The number of benzene rings is 1. The number of rotatable bonds is 3. The molecule has 1 aliphatic heterocycles. The standard InChI is InChI=1S/C13H15NO3/c1-14-11(7-9-5-3-2-4-6-9)10(13(16)17)8-12(14)15/h2-6,10-11H,7-8H2,1H3,(H,16,17). The van der Waals surface area contributed by atoms with E-state index in [2.05, 4.69) is 0 Å². The van der Waals surface area contributed by atoms with E-state index in [1.54, 1.807) is 11.9 Å². The van der Waals surface area contributed by atoms with Gasteiger partial charge in [0.05, 0.1) is 5.92 Å². The smallest absolute Gasteiger partial charge is 0.309 e. The first-order valence-electron chi connectivity index (χ1n) is 5.62. The van der Waals surface area contributed by atoms with Crippen molar-refractivity contribution in [3.8, 4) is 0 Å². The molecule has 1 aromatic rings. The number of carbonyl (C=O) groups is 2. The van der Waals surface area contributed by atoms with Crippen LogP contribution >= 0.6 is 0 Å². The number of nitrogens with zero attached hydrogens (tertiary/aromatic N) is 1. The summed E-state index contributed by atoms with van der Waals surface area (Å²) in [5, 5.41) is 9.12. The lowest BCUT2D eigenvalue weighted by Crippen LogP contribution is -2.36. The first-order valence-corrected chi connectivity index (χ1v) is 5.62. The Hall–Kier alpha value is -1.84. The summed E-state index contributed by atoms with van der Waals surface area (Å²) in [5.41, 5.74) is 1.06. The Morgan fingerprint density at radius 3 is 2.65 bits per heavy atom. The predicted octanol–water partition coefficient (Wildman–Crippen LogP) is 1.16. The summed E-state index contributed by atoms with van der Waals surface area (Å²) >= 11 is 0. The monoisotopic (exact) mass is 233 g/mol. The number of likely N-dealkylation sites (tertiary alicyclic amines) is 1. The molecule has 0 saturated carbocycles. The number of carboxylic acids is 1. The highest BCUT2D eigenvalue weighted by molar-refractivity contribution is 5.86. The van der Waals surface area contributed by atoms with E-state index >= 15 is 0 Å². The molecule has 1 heterocycles. The van der Waals surface area contributed by atoms with Crippen molar-refractivity contribution in [1.82, 2.24) is 4.90 Å². The molecule has 4 nitrogen and oxygen atoms in total. The first kappa shape index (κ1) is 11.6. The number of likely N-dealkylation sites (N-methyl/N-ethyl adjacent to an activating group) is 1. The Morgan fingerprint density at radius 2 is 2.06 bits per heavy atom. The highest BCUT2D eigenvalue weighted by Crippen LogP contribution is 2.27. The zero-order chi connectivity index (χ0) is 12.4. The number of amides is 1. The average Bonchev–Trinajstić information content (AvgIpc) is 2.59. The predicted molar refractivity (Wildman–Crippen MR) is 62.4 cm³/mol. The molecule has 0 aromatic heterocycles. The lowest BCUT2D eigenvalue weighted by Gasteiger charge is -2.22. The van der Waals surface area contributed by atoms with Crippen molar-refractivity contribution in [1.29, 1.82) is 0 Å². The third kappa shape index (κ3) is 2.30. The minimum absolute atomic E-state index is 0.0849. The fraction of sp³-hybridized carbons (Fsp3) is 0.385. The van der Waals surface area contributed by atoms with Gasteiger partial charge in [0, 0.05) is 19.5 Å². The summed E-state index contributed by atoms with van der Waals surface area (Å²) in [4.78, 5) is 24.2. The van der Waals surface area contributed by atoms with Crippen LogP contribution in [0.4, 0.5) is 0 Å². The number of aliphatic carboxylic acids is 1. The summed E-state index contributed by atoms with van der Waals surface area (Å²) < 4.78 is 0. The van der Waals surface area contributed by atoms with Crippen LogP contribution in [0.2, 0.25) is 0 Å².